The first-order valence-electron chi connectivity index (χ1n) is 7.31. The number of benzene rings is 2. The van der Waals surface area contributed by atoms with Crippen molar-refractivity contribution in [3.63, 3.8) is 0 Å². The molecule has 0 aliphatic rings. The summed E-state index contributed by atoms with van der Waals surface area (Å²) in [4.78, 5) is 1.86. The van der Waals surface area contributed by atoms with Crippen LogP contribution in [0.25, 0.3) is 11.4 Å². The monoisotopic (exact) mass is 326 g/mol. The Labute approximate surface area is 139 Å². The first-order valence-corrected chi connectivity index (χ1v) is 7.31. The number of ether oxygens (including phenoxy) is 1. The quantitative estimate of drug-likeness (QED) is 0.767. The minimum Gasteiger partial charge on any atom is -0.508 e. The molecule has 0 fully saturated rings. The van der Waals surface area contributed by atoms with Crippen molar-refractivity contribution in [3.05, 3.63) is 42.5 Å². The summed E-state index contributed by atoms with van der Waals surface area (Å²) in [5.74, 6) is 2.10. The van der Waals surface area contributed by atoms with Gasteiger partial charge in [-0.25, -0.2) is 0 Å². The maximum atomic E-state index is 9.60. The molecule has 0 amide bonds. The van der Waals surface area contributed by atoms with Gasteiger partial charge in [0.15, 0.2) is 5.82 Å². The summed E-state index contributed by atoms with van der Waals surface area (Å²) in [6.45, 7) is 0. The fraction of sp³-hybridized carbons (Fsp3) is 0.176. The molecule has 1 aromatic heterocycles. The minimum atomic E-state index is 0.124. The maximum Gasteiger partial charge on any atom is 0.231 e. The van der Waals surface area contributed by atoms with Crippen molar-refractivity contribution >= 4 is 11.6 Å². The summed E-state index contributed by atoms with van der Waals surface area (Å²) >= 11 is 0. The highest BCUT2D eigenvalue weighted by Crippen LogP contribution is 2.33. The highest BCUT2D eigenvalue weighted by Gasteiger charge is 2.18. The summed E-state index contributed by atoms with van der Waals surface area (Å²) in [6.07, 6.45) is 0. The number of phenols is 2. The topological polar surface area (TPSA) is 83.6 Å². The molecular formula is C17H18N4O3. The molecule has 3 rings (SSSR count). The van der Waals surface area contributed by atoms with Crippen LogP contribution >= 0.6 is 0 Å². The molecular weight excluding hydrogens is 308 g/mol. The average Bonchev–Trinajstić information content (AvgIpc) is 2.96. The summed E-state index contributed by atoms with van der Waals surface area (Å²) in [5, 5.41) is 27.5. The molecule has 1 heterocycles. The van der Waals surface area contributed by atoms with Crippen LogP contribution in [0.3, 0.4) is 0 Å². The Morgan fingerprint density at radius 3 is 2.33 bits per heavy atom. The lowest BCUT2D eigenvalue weighted by molar-refractivity contribution is 0.409. The summed E-state index contributed by atoms with van der Waals surface area (Å²) in [6, 6.07) is 11.7. The number of rotatable bonds is 4. The molecule has 124 valence electrons. The largest absolute Gasteiger partial charge is 0.508 e. The summed E-state index contributed by atoms with van der Waals surface area (Å²) in [5.41, 5.74) is 1.60. The fourth-order valence-corrected chi connectivity index (χ4v) is 2.50. The Morgan fingerprint density at radius 1 is 1.00 bits per heavy atom. The van der Waals surface area contributed by atoms with Crippen LogP contribution in [0.4, 0.5) is 11.6 Å². The Hall–Kier alpha value is -3.22. The number of aromatic nitrogens is 3. The third kappa shape index (κ3) is 2.71. The van der Waals surface area contributed by atoms with Gasteiger partial charge in [0.1, 0.15) is 17.2 Å². The van der Waals surface area contributed by atoms with Gasteiger partial charge in [-0.15, -0.1) is 10.2 Å². The van der Waals surface area contributed by atoms with E-state index in [9.17, 15) is 10.2 Å². The van der Waals surface area contributed by atoms with Crippen LogP contribution < -0.4 is 9.64 Å². The molecule has 0 saturated carbocycles. The standard InChI is InChI=1S/C17H18N4O3/c1-20(11-4-6-12(22)7-5-11)17-19-18-16(21(17)2)14-9-8-13(23)10-15(14)24-3/h4-10,22-23H,1-3H3. The van der Waals surface area contributed by atoms with Gasteiger partial charge in [0.2, 0.25) is 5.95 Å². The fourth-order valence-electron chi connectivity index (χ4n) is 2.50. The van der Waals surface area contributed by atoms with E-state index in [1.165, 1.54) is 13.2 Å². The second-order valence-corrected chi connectivity index (χ2v) is 5.34. The van der Waals surface area contributed by atoms with Gasteiger partial charge in [-0.05, 0) is 36.4 Å². The number of phenolic OH excluding ortho intramolecular Hbond substituents is 2. The third-order valence-corrected chi connectivity index (χ3v) is 3.81. The van der Waals surface area contributed by atoms with Gasteiger partial charge in [0, 0.05) is 25.8 Å². The van der Waals surface area contributed by atoms with Gasteiger partial charge >= 0.3 is 0 Å². The molecule has 24 heavy (non-hydrogen) atoms. The van der Waals surface area contributed by atoms with Crippen molar-refractivity contribution in [2.24, 2.45) is 7.05 Å². The Morgan fingerprint density at radius 2 is 1.67 bits per heavy atom. The summed E-state index contributed by atoms with van der Waals surface area (Å²) < 4.78 is 7.16. The zero-order valence-corrected chi connectivity index (χ0v) is 13.6. The third-order valence-electron chi connectivity index (χ3n) is 3.81. The van der Waals surface area contributed by atoms with E-state index in [0.29, 0.717) is 17.5 Å². The molecule has 0 aliphatic carbocycles. The van der Waals surface area contributed by atoms with Crippen LogP contribution in [0.2, 0.25) is 0 Å². The van der Waals surface area contributed by atoms with E-state index in [4.69, 9.17) is 4.74 Å². The molecule has 0 atom stereocenters. The zero-order chi connectivity index (χ0) is 17.3. The van der Waals surface area contributed by atoms with Crippen LogP contribution in [0.1, 0.15) is 0 Å². The lowest BCUT2D eigenvalue weighted by Gasteiger charge is -2.18. The zero-order valence-electron chi connectivity index (χ0n) is 13.6. The molecule has 0 aliphatic heterocycles. The Balaban J connectivity index is 2.01. The molecule has 0 unspecified atom stereocenters. The number of aromatic hydroxyl groups is 2. The number of hydrogen-bond donors (Lipinski definition) is 2. The molecule has 7 nitrogen and oxygen atoms in total. The molecule has 0 bridgehead atoms. The van der Waals surface area contributed by atoms with Crippen LogP contribution in [0, 0.1) is 0 Å². The van der Waals surface area contributed by atoms with Crippen LogP contribution in [0.15, 0.2) is 42.5 Å². The van der Waals surface area contributed by atoms with Crippen LogP contribution in [-0.4, -0.2) is 39.1 Å². The van der Waals surface area contributed by atoms with Crippen LogP contribution in [-0.2, 0) is 7.05 Å². The molecule has 3 aromatic rings. The van der Waals surface area contributed by atoms with Crippen molar-refractivity contribution in [1.82, 2.24) is 14.8 Å². The van der Waals surface area contributed by atoms with E-state index >= 15 is 0 Å². The predicted octanol–water partition coefficient (Wildman–Crippen LogP) is 2.67. The van der Waals surface area contributed by atoms with Crippen LogP contribution in [0.5, 0.6) is 17.2 Å². The SMILES string of the molecule is COc1cc(O)ccc1-c1nnc(N(C)c2ccc(O)cc2)n1C. The van der Waals surface area contributed by atoms with E-state index in [2.05, 4.69) is 10.2 Å². The van der Waals surface area contributed by atoms with Gasteiger partial charge < -0.3 is 19.8 Å². The number of anilines is 2. The van der Waals surface area contributed by atoms with Crippen molar-refractivity contribution in [1.29, 1.82) is 0 Å². The molecule has 7 heteroatoms. The second kappa shape index (κ2) is 6.11. The van der Waals surface area contributed by atoms with Crippen molar-refractivity contribution < 1.29 is 14.9 Å². The lowest BCUT2D eigenvalue weighted by atomic mass is 10.2. The predicted molar refractivity (Wildman–Crippen MR) is 90.8 cm³/mol. The second-order valence-electron chi connectivity index (χ2n) is 5.34. The molecule has 0 saturated heterocycles. The minimum absolute atomic E-state index is 0.124. The molecule has 0 spiro atoms. The summed E-state index contributed by atoms with van der Waals surface area (Å²) in [7, 11) is 5.26. The van der Waals surface area contributed by atoms with Gasteiger partial charge in [0.25, 0.3) is 0 Å². The maximum absolute atomic E-state index is 9.60. The molecule has 0 radical (unpaired) electrons. The highest BCUT2D eigenvalue weighted by molar-refractivity contribution is 5.68. The van der Waals surface area contributed by atoms with Gasteiger partial charge in [-0.1, -0.05) is 0 Å². The van der Waals surface area contributed by atoms with Gasteiger partial charge in [0.05, 0.1) is 12.7 Å². The first kappa shape index (κ1) is 15.7. The smallest absolute Gasteiger partial charge is 0.231 e. The number of hydrogen-bond acceptors (Lipinski definition) is 6. The van der Waals surface area contributed by atoms with E-state index in [0.717, 1.165) is 11.3 Å². The number of nitrogens with zero attached hydrogens (tertiary/aromatic N) is 4. The van der Waals surface area contributed by atoms with Crippen molar-refractivity contribution in [3.8, 4) is 28.6 Å². The van der Waals surface area contributed by atoms with Crippen molar-refractivity contribution in [2.45, 2.75) is 0 Å². The van der Waals surface area contributed by atoms with E-state index in [-0.39, 0.29) is 11.5 Å². The van der Waals surface area contributed by atoms with Gasteiger partial charge in [-0.3, -0.25) is 4.57 Å². The van der Waals surface area contributed by atoms with E-state index in [1.807, 2.05) is 23.6 Å². The molecule has 2 N–H and O–H groups in total. The molecule has 2 aromatic carbocycles. The van der Waals surface area contributed by atoms with E-state index < -0.39 is 0 Å². The van der Waals surface area contributed by atoms with Crippen molar-refractivity contribution in [2.75, 3.05) is 19.1 Å². The average molecular weight is 326 g/mol. The number of methoxy groups -OCH3 is 1. The van der Waals surface area contributed by atoms with Gasteiger partial charge in [-0.2, -0.15) is 0 Å². The first-order chi connectivity index (χ1) is 11.5. The Bertz CT molecular complexity index is 859. The lowest BCUT2D eigenvalue weighted by Crippen LogP contribution is -2.14. The Kier molecular flexibility index (Phi) is 3.99. The highest BCUT2D eigenvalue weighted by atomic mass is 16.5. The normalized spacial score (nSPS) is 10.6. The van der Waals surface area contributed by atoms with E-state index in [1.54, 1.807) is 36.4 Å².